The highest BCUT2D eigenvalue weighted by molar-refractivity contribution is 5.56. The fourth-order valence-corrected chi connectivity index (χ4v) is 1.85. The number of hydrogen-bond donors (Lipinski definition) is 2. The maximum Gasteiger partial charge on any atom is 0.133 e. The second kappa shape index (κ2) is 12.5. The van der Waals surface area contributed by atoms with E-state index in [-0.39, 0.29) is 0 Å². The molecule has 2 N–H and O–H groups in total. The molecule has 0 radical (unpaired) electrons. The van der Waals surface area contributed by atoms with Crippen molar-refractivity contribution in [3.63, 3.8) is 0 Å². The summed E-state index contributed by atoms with van der Waals surface area (Å²) < 4.78 is 0. The van der Waals surface area contributed by atoms with Gasteiger partial charge in [-0.15, -0.1) is 0 Å². The highest BCUT2D eigenvalue weighted by Gasteiger charge is 2.12. The third-order valence-corrected chi connectivity index (χ3v) is 2.80. The van der Waals surface area contributed by atoms with Crippen molar-refractivity contribution in [2.24, 2.45) is 4.99 Å². The SMILES string of the molecule is C=C/C=C1/NCC/C(C=C)=C(/N=C\C)N/C1=C/C=C\C.CC. The van der Waals surface area contributed by atoms with Gasteiger partial charge < -0.3 is 10.6 Å². The summed E-state index contributed by atoms with van der Waals surface area (Å²) in [6, 6.07) is 0. The molecule has 0 aromatic heterocycles. The first-order valence-electron chi connectivity index (χ1n) is 7.78. The van der Waals surface area contributed by atoms with E-state index in [0.29, 0.717) is 0 Å². The maximum absolute atomic E-state index is 4.42. The highest BCUT2D eigenvalue weighted by Crippen LogP contribution is 2.17. The Hall–Kier alpha value is -2.29. The van der Waals surface area contributed by atoms with Crippen molar-refractivity contribution >= 4 is 6.21 Å². The monoisotopic (exact) mass is 299 g/mol. The van der Waals surface area contributed by atoms with E-state index in [1.165, 1.54) is 0 Å². The third-order valence-electron chi connectivity index (χ3n) is 2.80. The van der Waals surface area contributed by atoms with Crippen LogP contribution in [0.4, 0.5) is 0 Å². The third kappa shape index (κ3) is 6.44. The summed E-state index contributed by atoms with van der Waals surface area (Å²) in [6.45, 7) is 16.4. The number of allylic oxidation sites excluding steroid dienone is 6. The van der Waals surface area contributed by atoms with Crippen LogP contribution in [0.25, 0.3) is 0 Å². The average molecular weight is 299 g/mol. The van der Waals surface area contributed by atoms with Crippen molar-refractivity contribution in [2.45, 2.75) is 34.1 Å². The molecule has 0 unspecified atom stereocenters. The molecule has 1 heterocycles. The van der Waals surface area contributed by atoms with Crippen molar-refractivity contribution in [2.75, 3.05) is 6.54 Å². The molecule has 3 nitrogen and oxygen atoms in total. The van der Waals surface area contributed by atoms with Crippen molar-refractivity contribution in [1.29, 1.82) is 0 Å². The molecular weight excluding hydrogens is 270 g/mol. The van der Waals surface area contributed by atoms with Crippen LogP contribution in [-0.2, 0) is 0 Å². The Kier molecular flexibility index (Phi) is 11.2. The summed E-state index contributed by atoms with van der Waals surface area (Å²) in [5, 5.41) is 6.77. The zero-order valence-corrected chi connectivity index (χ0v) is 14.3. The van der Waals surface area contributed by atoms with E-state index >= 15 is 0 Å². The lowest BCUT2D eigenvalue weighted by atomic mass is 10.1. The van der Waals surface area contributed by atoms with E-state index in [2.05, 4.69) is 28.8 Å². The van der Waals surface area contributed by atoms with Gasteiger partial charge in [0.15, 0.2) is 0 Å². The molecule has 0 aliphatic carbocycles. The smallest absolute Gasteiger partial charge is 0.133 e. The normalized spacial score (nSPS) is 22.5. The van der Waals surface area contributed by atoms with Crippen molar-refractivity contribution in [3.8, 4) is 0 Å². The summed E-state index contributed by atoms with van der Waals surface area (Å²) in [5.74, 6) is 0.842. The zero-order valence-electron chi connectivity index (χ0n) is 14.3. The lowest BCUT2D eigenvalue weighted by Gasteiger charge is -2.21. The minimum absolute atomic E-state index is 0.832. The molecule has 0 amide bonds. The summed E-state index contributed by atoms with van der Waals surface area (Å²) >= 11 is 0. The standard InChI is InChI=1S/C17H23N3.C2H6/c1-5-9-11-16-15(10-6-2)19-13-12-14(7-3)17(20-16)18-8-4;1-2/h5-11,19-20H,2-3,12-13H2,1,4H3;1-2H3/b9-5-,15-10+,16-11+,17-14-,18-8-;. The average Bonchev–Trinajstić information content (AvgIpc) is 2.54. The van der Waals surface area contributed by atoms with Crippen LogP contribution in [0.3, 0.4) is 0 Å². The van der Waals surface area contributed by atoms with Gasteiger partial charge >= 0.3 is 0 Å². The summed E-state index contributed by atoms with van der Waals surface area (Å²) in [5.41, 5.74) is 3.06. The molecule has 0 spiro atoms. The fourth-order valence-electron chi connectivity index (χ4n) is 1.85. The van der Waals surface area contributed by atoms with Gasteiger partial charge in [-0.25, -0.2) is 4.99 Å². The molecule has 3 heteroatoms. The Labute approximate surface area is 135 Å². The maximum atomic E-state index is 4.42. The van der Waals surface area contributed by atoms with Gasteiger partial charge in [0.05, 0.1) is 11.4 Å². The topological polar surface area (TPSA) is 36.4 Å². The van der Waals surface area contributed by atoms with Crippen LogP contribution >= 0.6 is 0 Å². The first-order chi connectivity index (χ1) is 10.8. The van der Waals surface area contributed by atoms with Crippen LogP contribution in [0.5, 0.6) is 0 Å². The number of nitrogens with one attached hydrogen (secondary N) is 2. The number of rotatable bonds is 4. The molecule has 0 saturated carbocycles. The first kappa shape index (κ1) is 19.7. The summed E-state index contributed by atoms with van der Waals surface area (Å²) in [7, 11) is 0. The van der Waals surface area contributed by atoms with Crippen LogP contribution in [-0.4, -0.2) is 12.8 Å². The van der Waals surface area contributed by atoms with Crippen molar-refractivity contribution in [1.82, 2.24) is 10.6 Å². The number of aliphatic imine (C=N–C) groups is 1. The predicted octanol–water partition coefficient (Wildman–Crippen LogP) is 4.61. The van der Waals surface area contributed by atoms with Crippen LogP contribution in [0.1, 0.15) is 34.1 Å². The molecule has 0 atom stereocenters. The van der Waals surface area contributed by atoms with Gasteiger partial charge in [0.1, 0.15) is 5.82 Å². The second-order valence-corrected chi connectivity index (χ2v) is 4.19. The van der Waals surface area contributed by atoms with Crippen LogP contribution < -0.4 is 10.6 Å². The lowest BCUT2D eigenvalue weighted by molar-refractivity contribution is 0.738. The molecule has 1 rings (SSSR count). The quantitative estimate of drug-likeness (QED) is 0.743. The van der Waals surface area contributed by atoms with Gasteiger partial charge in [0, 0.05) is 12.8 Å². The van der Waals surface area contributed by atoms with E-state index in [1.807, 2.05) is 58.1 Å². The van der Waals surface area contributed by atoms with Gasteiger partial charge in [-0.1, -0.05) is 51.3 Å². The van der Waals surface area contributed by atoms with Gasteiger partial charge in [0.25, 0.3) is 0 Å². The minimum Gasteiger partial charge on any atom is -0.383 e. The molecule has 0 fully saturated rings. The van der Waals surface area contributed by atoms with Crippen molar-refractivity contribution in [3.05, 3.63) is 72.4 Å². The Morgan fingerprint density at radius 3 is 2.36 bits per heavy atom. The Bertz CT molecular complexity index is 503. The van der Waals surface area contributed by atoms with E-state index < -0.39 is 0 Å². The zero-order chi connectivity index (χ0) is 16.8. The van der Waals surface area contributed by atoms with Gasteiger partial charge in [-0.3, -0.25) is 0 Å². The van der Waals surface area contributed by atoms with Crippen LogP contribution in [0.15, 0.2) is 77.4 Å². The van der Waals surface area contributed by atoms with E-state index in [9.17, 15) is 0 Å². The molecule has 0 aromatic carbocycles. The summed E-state index contributed by atoms with van der Waals surface area (Å²) in [4.78, 5) is 4.42. The first-order valence-corrected chi connectivity index (χ1v) is 7.78. The second-order valence-electron chi connectivity index (χ2n) is 4.19. The number of hydrogen-bond acceptors (Lipinski definition) is 3. The Morgan fingerprint density at radius 1 is 1.09 bits per heavy atom. The molecule has 0 bridgehead atoms. The Balaban J connectivity index is 0.00000211. The molecule has 0 saturated heterocycles. The van der Waals surface area contributed by atoms with Gasteiger partial charge in [0.2, 0.25) is 0 Å². The van der Waals surface area contributed by atoms with Gasteiger partial charge in [-0.2, -0.15) is 0 Å². The van der Waals surface area contributed by atoms with Crippen LogP contribution in [0, 0.1) is 0 Å². The fraction of sp³-hybridized carbons (Fsp3) is 0.316. The molecule has 120 valence electrons. The molecular formula is C19H29N3. The van der Waals surface area contributed by atoms with E-state index in [1.54, 1.807) is 12.3 Å². The van der Waals surface area contributed by atoms with Gasteiger partial charge in [-0.05, 0) is 38.0 Å². The predicted molar refractivity (Wildman–Crippen MR) is 99.7 cm³/mol. The molecule has 0 aromatic rings. The van der Waals surface area contributed by atoms with Crippen LogP contribution in [0.2, 0.25) is 0 Å². The number of nitrogens with zero attached hydrogens (tertiary/aromatic N) is 1. The highest BCUT2D eigenvalue weighted by atomic mass is 15.1. The Morgan fingerprint density at radius 2 is 1.82 bits per heavy atom. The van der Waals surface area contributed by atoms with Crippen molar-refractivity contribution < 1.29 is 0 Å². The summed E-state index contributed by atoms with van der Waals surface area (Å²) in [6.07, 6.45) is 14.2. The van der Waals surface area contributed by atoms with E-state index in [4.69, 9.17) is 0 Å². The largest absolute Gasteiger partial charge is 0.383 e. The van der Waals surface area contributed by atoms with E-state index in [0.717, 1.165) is 35.8 Å². The minimum atomic E-state index is 0.832. The molecule has 22 heavy (non-hydrogen) atoms. The molecule has 1 aliphatic heterocycles. The molecule has 1 aliphatic rings. The lowest BCUT2D eigenvalue weighted by Crippen LogP contribution is -2.27.